The maximum Gasteiger partial charge on any atom is 0.194 e. The number of nitrogens with one attached hydrogen (secondary N) is 1. The lowest BCUT2D eigenvalue weighted by atomic mass is 9.98. The minimum absolute atomic E-state index is 0.168. The largest absolute Gasteiger partial charge is 0.458 e. The lowest BCUT2D eigenvalue weighted by Gasteiger charge is -2.15. The molecular formula is C25H31N3O3. The number of hydrogen-bond acceptors (Lipinski definition) is 6. The first-order chi connectivity index (χ1) is 15.2. The van der Waals surface area contributed by atoms with Gasteiger partial charge in [0.1, 0.15) is 11.8 Å². The summed E-state index contributed by atoms with van der Waals surface area (Å²) in [6.45, 7) is 3.55. The molecule has 0 amide bonds. The van der Waals surface area contributed by atoms with Crippen LogP contribution in [0.3, 0.4) is 0 Å². The highest BCUT2D eigenvalue weighted by Crippen LogP contribution is 2.43. The summed E-state index contributed by atoms with van der Waals surface area (Å²) in [6, 6.07) is 8.81. The van der Waals surface area contributed by atoms with Crippen molar-refractivity contribution in [3.05, 3.63) is 53.5 Å². The normalized spacial score (nSPS) is 25.2. The Bertz CT molecular complexity index is 1030. The summed E-state index contributed by atoms with van der Waals surface area (Å²) in [6.07, 6.45) is 9.01. The molecule has 0 spiro atoms. The summed E-state index contributed by atoms with van der Waals surface area (Å²) in [5, 5.41) is 14.2. The highest BCUT2D eigenvalue weighted by Gasteiger charge is 2.36. The van der Waals surface area contributed by atoms with Gasteiger partial charge in [-0.2, -0.15) is 0 Å². The van der Waals surface area contributed by atoms with Crippen LogP contribution in [0.4, 0.5) is 5.82 Å². The Morgan fingerprint density at radius 2 is 2.10 bits per heavy atom. The van der Waals surface area contributed by atoms with E-state index in [2.05, 4.69) is 46.5 Å². The topological polar surface area (TPSA) is 80.4 Å². The Morgan fingerprint density at radius 3 is 3.00 bits per heavy atom. The number of hydrogen-bond donors (Lipinski definition) is 2. The van der Waals surface area contributed by atoms with Crippen molar-refractivity contribution in [3.63, 3.8) is 0 Å². The number of unbranched alkanes of at least 4 members (excludes halogenated alkanes) is 1. The summed E-state index contributed by atoms with van der Waals surface area (Å²) in [4.78, 5) is 9.03. The van der Waals surface area contributed by atoms with Crippen molar-refractivity contribution in [2.45, 2.75) is 63.5 Å². The van der Waals surface area contributed by atoms with Crippen LogP contribution < -0.4 is 5.32 Å². The summed E-state index contributed by atoms with van der Waals surface area (Å²) >= 11 is 0. The molecule has 3 aromatic rings. The second kappa shape index (κ2) is 8.97. The van der Waals surface area contributed by atoms with Gasteiger partial charge in [0.2, 0.25) is 0 Å². The van der Waals surface area contributed by atoms with E-state index in [1.807, 2.05) is 6.26 Å². The van der Waals surface area contributed by atoms with Crippen molar-refractivity contribution in [1.29, 1.82) is 0 Å². The zero-order chi connectivity index (χ0) is 21.2. The van der Waals surface area contributed by atoms with Crippen LogP contribution in [-0.2, 0) is 11.2 Å². The lowest BCUT2D eigenvalue weighted by molar-refractivity contribution is 0.0433. The first-order valence-electron chi connectivity index (χ1n) is 11.6. The van der Waals surface area contributed by atoms with Gasteiger partial charge in [0, 0.05) is 18.1 Å². The van der Waals surface area contributed by atoms with Crippen LogP contribution in [0.1, 0.15) is 67.7 Å². The number of nitrogens with zero attached hydrogens (tertiary/aromatic N) is 2. The molecule has 1 fully saturated rings. The van der Waals surface area contributed by atoms with Crippen LogP contribution in [0.25, 0.3) is 11.1 Å². The minimum Gasteiger partial charge on any atom is -0.458 e. The van der Waals surface area contributed by atoms with Gasteiger partial charge in [-0.1, -0.05) is 37.6 Å². The molecule has 0 aliphatic heterocycles. The molecule has 2 aromatic heterocycles. The SMILES string of the molecule is CCCCOC[C@@H]1C[C@@H](c2coc3c(N[C@H]4CCc5ccccc54)ncnc23)C[C@H]1O. The first-order valence-corrected chi connectivity index (χ1v) is 11.6. The van der Waals surface area contributed by atoms with Crippen molar-refractivity contribution in [2.75, 3.05) is 18.5 Å². The van der Waals surface area contributed by atoms with Crippen molar-refractivity contribution in [2.24, 2.45) is 5.92 Å². The minimum atomic E-state index is -0.342. The van der Waals surface area contributed by atoms with Gasteiger partial charge >= 0.3 is 0 Å². The molecule has 0 bridgehead atoms. The standard InChI is InChI=1S/C25H31N3O3/c1-2-3-10-30-13-18-11-17(12-22(18)29)20-14-31-24-23(20)26-15-27-25(24)28-21-9-8-16-6-4-5-7-19(16)21/h4-7,14-15,17-18,21-22,29H,2-3,8-13H2,1H3,(H,26,27,28)/t17-,18+,21+,22-/m1/s1. The number of aliphatic hydroxyl groups excluding tert-OH is 1. The molecule has 5 rings (SSSR count). The molecule has 0 saturated heterocycles. The number of anilines is 1. The van der Waals surface area contributed by atoms with Gasteiger partial charge in [-0.15, -0.1) is 0 Å². The second-order valence-corrected chi connectivity index (χ2v) is 8.95. The summed E-state index contributed by atoms with van der Waals surface area (Å²) in [5.41, 5.74) is 5.37. The fourth-order valence-corrected chi connectivity index (χ4v) is 5.15. The first kappa shape index (κ1) is 20.5. The van der Waals surface area contributed by atoms with Gasteiger partial charge in [-0.05, 0) is 49.1 Å². The molecule has 2 aliphatic rings. The third-order valence-corrected chi connectivity index (χ3v) is 6.90. The Hall–Kier alpha value is -2.44. The molecule has 164 valence electrons. The number of aliphatic hydroxyl groups is 1. The maximum absolute atomic E-state index is 10.6. The van der Waals surface area contributed by atoms with Gasteiger partial charge in [0.15, 0.2) is 11.4 Å². The zero-order valence-corrected chi connectivity index (χ0v) is 18.1. The Labute approximate surface area is 183 Å². The number of fused-ring (bicyclic) bond motifs is 2. The van der Waals surface area contributed by atoms with Gasteiger partial charge in [-0.3, -0.25) is 0 Å². The molecular weight excluding hydrogens is 390 g/mol. The Kier molecular flexibility index (Phi) is 5.92. The average Bonchev–Trinajstić information content (AvgIpc) is 3.49. The number of ether oxygens (including phenoxy) is 1. The summed E-state index contributed by atoms with van der Waals surface area (Å²) in [5.74, 6) is 1.14. The van der Waals surface area contributed by atoms with Gasteiger partial charge < -0.3 is 19.6 Å². The number of aromatic nitrogens is 2. The molecule has 31 heavy (non-hydrogen) atoms. The van der Waals surface area contributed by atoms with Gasteiger partial charge in [-0.25, -0.2) is 9.97 Å². The molecule has 6 heteroatoms. The van der Waals surface area contributed by atoms with Gasteiger partial charge in [0.25, 0.3) is 0 Å². The molecule has 1 saturated carbocycles. The van der Waals surface area contributed by atoms with Gasteiger partial charge in [0.05, 0.1) is 25.0 Å². The van der Waals surface area contributed by atoms with Crippen LogP contribution in [0.5, 0.6) is 0 Å². The third kappa shape index (κ3) is 4.06. The van der Waals surface area contributed by atoms with E-state index in [1.165, 1.54) is 11.1 Å². The maximum atomic E-state index is 10.6. The monoisotopic (exact) mass is 421 g/mol. The molecule has 6 nitrogen and oxygen atoms in total. The van der Waals surface area contributed by atoms with E-state index in [0.717, 1.165) is 62.0 Å². The number of rotatable bonds is 8. The average molecular weight is 422 g/mol. The Balaban J connectivity index is 1.32. The molecule has 1 aromatic carbocycles. The van der Waals surface area contributed by atoms with E-state index in [9.17, 15) is 5.11 Å². The van der Waals surface area contributed by atoms with E-state index < -0.39 is 0 Å². The summed E-state index contributed by atoms with van der Waals surface area (Å²) in [7, 11) is 0. The lowest BCUT2D eigenvalue weighted by Crippen LogP contribution is -2.19. The third-order valence-electron chi connectivity index (χ3n) is 6.90. The summed E-state index contributed by atoms with van der Waals surface area (Å²) < 4.78 is 11.8. The Morgan fingerprint density at radius 1 is 1.19 bits per heavy atom. The number of aryl methyl sites for hydroxylation is 1. The van der Waals surface area contributed by atoms with Crippen molar-refractivity contribution >= 4 is 16.9 Å². The van der Waals surface area contributed by atoms with Crippen LogP contribution in [0.15, 0.2) is 41.3 Å². The van der Waals surface area contributed by atoms with E-state index in [4.69, 9.17) is 9.15 Å². The van der Waals surface area contributed by atoms with Crippen molar-refractivity contribution in [1.82, 2.24) is 9.97 Å². The molecule has 4 atom stereocenters. The van der Waals surface area contributed by atoms with E-state index in [-0.39, 0.29) is 24.0 Å². The fraction of sp³-hybridized carbons (Fsp3) is 0.520. The van der Waals surface area contributed by atoms with Crippen LogP contribution in [-0.4, -0.2) is 34.4 Å². The predicted octanol–water partition coefficient (Wildman–Crippen LogP) is 4.99. The second-order valence-electron chi connectivity index (χ2n) is 8.95. The molecule has 0 radical (unpaired) electrons. The van der Waals surface area contributed by atoms with Crippen molar-refractivity contribution < 1.29 is 14.3 Å². The van der Waals surface area contributed by atoms with Crippen LogP contribution in [0, 0.1) is 5.92 Å². The molecule has 2 N–H and O–H groups in total. The van der Waals surface area contributed by atoms with Crippen molar-refractivity contribution in [3.8, 4) is 0 Å². The van der Waals surface area contributed by atoms with E-state index in [1.54, 1.807) is 6.33 Å². The highest BCUT2D eigenvalue weighted by molar-refractivity contribution is 5.86. The van der Waals surface area contributed by atoms with E-state index in [0.29, 0.717) is 12.2 Å². The molecule has 2 aliphatic carbocycles. The smallest absolute Gasteiger partial charge is 0.194 e. The van der Waals surface area contributed by atoms with Crippen LogP contribution in [0.2, 0.25) is 0 Å². The highest BCUT2D eigenvalue weighted by atomic mass is 16.5. The van der Waals surface area contributed by atoms with E-state index >= 15 is 0 Å². The molecule has 0 unspecified atom stereocenters. The number of benzene rings is 1. The fourth-order valence-electron chi connectivity index (χ4n) is 5.15. The zero-order valence-electron chi connectivity index (χ0n) is 18.1. The van der Waals surface area contributed by atoms with Crippen LogP contribution >= 0.6 is 0 Å². The molecule has 2 heterocycles. The number of furan rings is 1. The quantitative estimate of drug-likeness (QED) is 0.499. The predicted molar refractivity (Wildman–Crippen MR) is 120 cm³/mol.